The lowest BCUT2D eigenvalue weighted by molar-refractivity contribution is -0.137. The van der Waals surface area contributed by atoms with E-state index in [-0.39, 0.29) is 0 Å². The minimum Gasteiger partial charge on any atom is -0.481 e. The van der Waals surface area contributed by atoms with Gasteiger partial charge in [-0.25, -0.2) is 4.79 Å². The van der Waals surface area contributed by atoms with Crippen LogP contribution in [0.5, 0.6) is 0 Å². The molecule has 0 bridgehead atoms. The molecule has 4 nitrogen and oxygen atoms in total. The third-order valence-electron chi connectivity index (χ3n) is 3.01. The molecule has 0 aliphatic rings. The number of unbranched alkanes of at least 4 members (excludes halogenated alkanes) is 6. The Morgan fingerprint density at radius 2 is 1.38 bits per heavy atom. The summed E-state index contributed by atoms with van der Waals surface area (Å²) in [6, 6.07) is 8.30. The molecule has 0 radical (unpaired) electrons. The van der Waals surface area contributed by atoms with E-state index in [1.54, 1.807) is 30.3 Å². The van der Waals surface area contributed by atoms with E-state index in [1.165, 1.54) is 32.1 Å². The van der Waals surface area contributed by atoms with E-state index in [9.17, 15) is 9.59 Å². The second-order valence-corrected chi connectivity index (χ2v) is 4.94. The molecule has 0 aliphatic heterocycles. The predicted octanol–water partition coefficient (Wildman–Crippen LogP) is 4.60. The van der Waals surface area contributed by atoms with E-state index >= 15 is 0 Å². The Balaban J connectivity index is 0.000000394. The average Bonchev–Trinajstić information content (AvgIpc) is 2.47. The van der Waals surface area contributed by atoms with E-state index in [4.69, 9.17) is 10.2 Å². The molecule has 0 aromatic heterocycles. The summed E-state index contributed by atoms with van der Waals surface area (Å²) in [5, 5.41) is 16.7. The van der Waals surface area contributed by atoms with Crippen LogP contribution in [0.1, 0.15) is 68.6 Å². The summed E-state index contributed by atoms with van der Waals surface area (Å²) in [4.78, 5) is 20.3. The number of carbonyl (C=O) groups is 2. The number of carboxylic acids is 2. The molecule has 0 heterocycles. The van der Waals surface area contributed by atoms with Crippen LogP contribution in [0.15, 0.2) is 30.3 Å². The van der Waals surface area contributed by atoms with Gasteiger partial charge >= 0.3 is 11.9 Å². The number of aromatic carboxylic acids is 1. The lowest BCUT2D eigenvalue weighted by Gasteiger charge is -1.98. The highest BCUT2D eigenvalue weighted by Gasteiger charge is 1.97. The average molecular weight is 294 g/mol. The molecule has 0 saturated carbocycles. The maximum Gasteiger partial charge on any atom is 0.335 e. The number of aliphatic carboxylic acids is 1. The first-order valence-corrected chi connectivity index (χ1v) is 7.58. The molecule has 21 heavy (non-hydrogen) atoms. The summed E-state index contributed by atoms with van der Waals surface area (Å²) in [7, 11) is 0. The van der Waals surface area contributed by atoms with Crippen molar-refractivity contribution in [1.29, 1.82) is 0 Å². The van der Waals surface area contributed by atoms with E-state index in [0.717, 1.165) is 12.8 Å². The standard InChI is InChI=1S/C10H20O2.C7H6O2/c1-2-3-4-5-6-7-8-9-10(11)12;8-7(9)6-4-2-1-3-5-6/h2-9H2,1H3,(H,11,12);1-5H,(H,8,9). The van der Waals surface area contributed by atoms with Crippen LogP contribution in [0.2, 0.25) is 0 Å². The van der Waals surface area contributed by atoms with Crippen LogP contribution >= 0.6 is 0 Å². The highest BCUT2D eigenvalue weighted by molar-refractivity contribution is 5.87. The van der Waals surface area contributed by atoms with Gasteiger partial charge in [-0.15, -0.1) is 0 Å². The molecule has 0 saturated heterocycles. The molecule has 4 heteroatoms. The van der Waals surface area contributed by atoms with Crippen LogP contribution in [0.25, 0.3) is 0 Å². The molecule has 0 atom stereocenters. The molecule has 0 aliphatic carbocycles. The number of carboxylic acid groups (broad SMARTS) is 2. The smallest absolute Gasteiger partial charge is 0.335 e. The zero-order chi connectivity index (χ0) is 15.9. The molecule has 1 aromatic carbocycles. The fourth-order valence-electron chi connectivity index (χ4n) is 1.81. The minimum atomic E-state index is -0.879. The van der Waals surface area contributed by atoms with Crippen LogP contribution < -0.4 is 0 Å². The number of rotatable bonds is 9. The molecule has 0 unspecified atom stereocenters. The number of hydrogen-bond acceptors (Lipinski definition) is 2. The van der Waals surface area contributed by atoms with Crippen LogP contribution in [-0.2, 0) is 4.79 Å². The van der Waals surface area contributed by atoms with Crippen molar-refractivity contribution in [1.82, 2.24) is 0 Å². The van der Waals surface area contributed by atoms with Crippen molar-refractivity contribution in [2.45, 2.75) is 58.3 Å². The van der Waals surface area contributed by atoms with Gasteiger partial charge in [-0.3, -0.25) is 4.79 Å². The van der Waals surface area contributed by atoms with Crippen LogP contribution in [0, 0.1) is 0 Å². The fraction of sp³-hybridized carbons (Fsp3) is 0.529. The Morgan fingerprint density at radius 3 is 1.81 bits per heavy atom. The third kappa shape index (κ3) is 12.9. The van der Waals surface area contributed by atoms with Gasteiger partial charge in [-0.2, -0.15) is 0 Å². The molecule has 0 amide bonds. The van der Waals surface area contributed by atoms with Gasteiger partial charge < -0.3 is 10.2 Å². The molecule has 0 spiro atoms. The number of benzene rings is 1. The first-order chi connectivity index (χ1) is 10.1. The van der Waals surface area contributed by atoms with Gasteiger partial charge in [0.1, 0.15) is 0 Å². The highest BCUT2D eigenvalue weighted by atomic mass is 16.4. The van der Waals surface area contributed by atoms with Crippen molar-refractivity contribution in [3.05, 3.63) is 35.9 Å². The van der Waals surface area contributed by atoms with E-state index in [1.807, 2.05) is 0 Å². The van der Waals surface area contributed by atoms with Gasteiger partial charge in [0.15, 0.2) is 0 Å². The Morgan fingerprint density at radius 1 is 0.857 bits per heavy atom. The van der Waals surface area contributed by atoms with Crippen LogP contribution in [0.4, 0.5) is 0 Å². The van der Waals surface area contributed by atoms with Crippen molar-refractivity contribution in [3.8, 4) is 0 Å². The van der Waals surface area contributed by atoms with E-state index in [2.05, 4.69) is 6.92 Å². The lowest BCUT2D eigenvalue weighted by Crippen LogP contribution is -1.93. The summed E-state index contributed by atoms with van der Waals surface area (Å²) in [6.07, 6.45) is 8.64. The van der Waals surface area contributed by atoms with Gasteiger partial charge in [0.25, 0.3) is 0 Å². The molecular formula is C17H26O4. The topological polar surface area (TPSA) is 74.6 Å². The van der Waals surface area contributed by atoms with Gasteiger partial charge in [0.2, 0.25) is 0 Å². The van der Waals surface area contributed by atoms with Crippen molar-refractivity contribution in [2.75, 3.05) is 0 Å². The molecule has 2 N–H and O–H groups in total. The summed E-state index contributed by atoms with van der Waals surface area (Å²) in [6.45, 7) is 2.20. The minimum absolute atomic E-state index is 0.331. The maximum absolute atomic E-state index is 10.2. The Hall–Kier alpha value is -1.84. The molecule has 0 fully saturated rings. The van der Waals surface area contributed by atoms with Gasteiger partial charge in [-0.1, -0.05) is 63.6 Å². The quantitative estimate of drug-likeness (QED) is 0.653. The monoisotopic (exact) mass is 294 g/mol. The van der Waals surface area contributed by atoms with Crippen molar-refractivity contribution in [3.63, 3.8) is 0 Å². The van der Waals surface area contributed by atoms with E-state index in [0.29, 0.717) is 12.0 Å². The lowest BCUT2D eigenvalue weighted by atomic mass is 10.1. The zero-order valence-corrected chi connectivity index (χ0v) is 12.8. The molecular weight excluding hydrogens is 268 g/mol. The van der Waals surface area contributed by atoms with Crippen molar-refractivity contribution < 1.29 is 19.8 Å². The summed E-state index contributed by atoms with van der Waals surface area (Å²) in [5.74, 6) is -1.54. The second-order valence-electron chi connectivity index (χ2n) is 4.94. The molecule has 118 valence electrons. The van der Waals surface area contributed by atoms with Crippen LogP contribution in [-0.4, -0.2) is 22.2 Å². The first-order valence-electron chi connectivity index (χ1n) is 7.58. The van der Waals surface area contributed by atoms with Gasteiger partial charge in [-0.05, 0) is 18.6 Å². The summed E-state index contributed by atoms with van der Waals surface area (Å²) in [5.41, 5.74) is 0.331. The molecule has 1 rings (SSSR count). The van der Waals surface area contributed by atoms with Gasteiger partial charge in [0.05, 0.1) is 5.56 Å². The van der Waals surface area contributed by atoms with E-state index < -0.39 is 11.9 Å². The molecule has 1 aromatic rings. The highest BCUT2D eigenvalue weighted by Crippen LogP contribution is 2.07. The Kier molecular flexibility index (Phi) is 12.0. The van der Waals surface area contributed by atoms with Crippen molar-refractivity contribution >= 4 is 11.9 Å². The third-order valence-corrected chi connectivity index (χ3v) is 3.01. The first kappa shape index (κ1) is 19.2. The summed E-state index contributed by atoms with van der Waals surface area (Å²) < 4.78 is 0. The fourth-order valence-corrected chi connectivity index (χ4v) is 1.81. The van der Waals surface area contributed by atoms with Gasteiger partial charge in [0, 0.05) is 6.42 Å². The SMILES string of the molecule is CCCCCCCCCC(=O)O.O=C(O)c1ccccc1. The predicted molar refractivity (Wildman–Crippen MR) is 83.6 cm³/mol. The maximum atomic E-state index is 10.2. The largest absolute Gasteiger partial charge is 0.481 e. The second kappa shape index (κ2) is 13.2. The Bertz CT molecular complexity index is 387. The number of hydrogen-bond donors (Lipinski definition) is 2. The Labute approximate surface area is 126 Å². The van der Waals surface area contributed by atoms with Crippen molar-refractivity contribution in [2.24, 2.45) is 0 Å². The zero-order valence-electron chi connectivity index (χ0n) is 12.8. The normalized spacial score (nSPS) is 9.57. The summed E-state index contributed by atoms with van der Waals surface area (Å²) >= 11 is 0. The van der Waals surface area contributed by atoms with Crippen LogP contribution in [0.3, 0.4) is 0 Å².